The fourth-order valence-electron chi connectivity index (χ4n) is 4.30. The summed E-state index contributed by atoms with van der Waals surface area (Å²) < 4.78 is 26.5. The number of rotatable bonds is 7. The van der Waals surface area contributed by atoms with E-state index in [4.69, 9.17) is 9.15 Å². The molecule has 9 heteroatoms. The largest absolute Gasteiger partial charge is 0.465 e. The zero-order valence-corrected chi connectivity index (χ0v) is 20.0. The van der Waals surface area contributed by atoms with Gasteiger partial charge in [0.05, 0.1) is 36.4 Å². The van der Waals surface area contributed by atoms with Crippen LogP contribution in [0.4, 0.5) is 4.39 Å². The zero-order chi connectivity index (χ0) is 23.7. The Balaban J connectivity index is 1.33. The quantitative estimate of drug-likeness (QED) is 0.425. The van der Waals surface area contributed by atoms with Gasteiger partial charge >= 0.3 is 0 Å². The third kappa shape index (κ3) is 4.77. The molecule has 1 amide bonds. The highest BCUT2D eigenvalue weighted by Gasteiger charge is 2.26. The van der Waals surface area contributed by atoms with Crippen molar-refractivity contribution in [3.8, 4) is 0 Å². The fourth-order valence-corrected chi connectivity index (χ4v) is 5.38. The molecule has 1 atom stereocenters. The molecule has 1 aliphatic rings. The van der Waals surface area contributed by atoms with Gasteiger partial charge in [-0.2, -0.15) is 5.10 Å². The van der Waals surface area contributed by atoms with E-state index in [9.17, 15) is 9.18 Å². The summed E-state index contributed by atoms with van der Waals surface area (Å²) in [6, 6.07) is 12.2. The second-order valence-corrected chi connectivity index (χ2v) is 9.55. The van der Waals surface area contributed by atoms with E-state index in [2.05, 4.69) is 15.3 Å². The second kappa shape index (κ2) is 9.69. The van der Waals surface area contributed by atoms with Crippen molar-refractivity contribution in [3.63, 3.8) is 0 Å². The Hall–Kier alpha value is -3.01. The molecule has 5 rings (SSSR count). The lowest BCUT2D eigenvalue weighted by Gasteiger charge is -2.33. The number of thiophene rings is 1. The van der Waals surface area contributed by atoms with E-state index in [-0.39, 0.29) is 17.8 Å². The van der Waals surface area contributed by atoms with Gasteiger partial charge in [0.25, 0.3) is 5.91 Å². The SMILES string of the molecule is Cc1ccc([C@@H](CNC(=O)c2cc3c(C)nn(Cc4ccc(F)cc4)c3s2)N2CCOCC2)o1. The molecule has 178 valence electrons. The van der Waals surface area contributed by atoms with Gasteiger partial charge in [-0.1, -0.05) is 12.1 Å². The van der Waals surface area contributed by atoms with Crippen LogP contribution in [-0.4, -0.2) is 53.4 Å². The van der Waals surface area contributed by atoms with Crippen LogP contribution in [0.1, 0.15) is 38.5 Å². The van der Waals surface area contributed by atoms with Gasteiger partial charge in [-0.15, -0.1) is 11.3 Å². The highest BCUT2D eigenvalue weighted by molar-refractivity contribution is 7.20. The summed E-state index contributed by atoms with van der Waals surface area (Å²) in [6.07, 6.45) is 0. The number of aromatic nitrogens is 2. The Bertz CT molecular complexity index is 1290. The van der Waals surface area contributed by atoms with E-state index in [1.807, 2.05) is 36.7 Å². The number of hydrogen-bond acceptors (Lipinski definition) is 6. The number of nitrogens with zero attached hydrogens (tertiary/aromatic N) is 3. The molecule has 0 aliphatic carbocycles. The van der Waals surface area contributed by atoms with Gasteiger partial charge in [0.15, 0.2) is 0 Å². The number of ether oxygens (including phenoxy) is 1. The van der Waals surface area contributed by atoms with Gasteiger partial charge in [0.1, 0.15) is 22.2 Å². The lowest BCUT2D eigenvalue weighted by Crippen LogP contribution is -2.43. The molecule has 4 heterocycles. The maximum atomic E-state index is 13.3. The molecule has 7 nitrogen and oxygen atoms in total. The van der Waals surface area contributed by atoms with Crippen LogP contribution in [0, 0.1) is 19.7 Å². The number of aryl methyl sites for hydroxylation is 2. The molecule has 0 unspecified atom stereocenters. The third-order valence-corrected chi connectivity index (χ3v) is 7.26. The van der Waals surface area contributed by atoms with Crippen molar-refractivity contribution in [1.82, 2.24) is 20.0 Å². The van der Waals surface area contributed by atoms with E-state index in [0.717, 1.165) is 46.1 Å². The number of benzene rings is 1. The van der Waals surface area contributed by atoms with Crippen LogP contribution < -0.4 is 5.32 Å². The zero-order valence-electron chi connectivity index (χ0n) is 19.2. The summed E-state index contributed by atoms with van der Waals surface area (Å²) in [5.74, 6) is 1.32. The van der Waals surface area contributed by atoms with E-state index in [0.29, 0.717) is 31.2 Å². The second-order valence-electron chi connectivity index (χ2n) is 8.52. The molecule has 1 aliphatic heterocycles. The molecule has 0 saturated carbocycles. The maximum absolute atomic E-state index is 13.3. The fraction of sp³-hybridized carbons (Fsp3) is 0.360. The molecular formula is C25H27FN4O3S. The lowest BCUT2D eigenvalue weighted by molar-refractivity contribution is 0.0117. The van der Waals surface area contributed by atoms with E-state index < -0.39 is 0 Å². The first-order chi connectivity index (χ1) is 16.5. The molecule has 1 saturated heterocycles. The van der Waals surface area contributed by atoms with Crippen LogP contribution in [0.5, 0.6) is 0 Å². The number of nitrogens with one attached hydrogen (secondary N) is 1. The minimum Gasteiger partial charge on any atom is -0.465 e. The lowest BCUT2D eigenvalue weighted by atomic mass is 10.1. The summed E-state index contributed by atoms with van der Waals surface area (Å²) in [7, 11) is 0. The first-order valence-corrected chi connectivity index (χ1v) is 12.2. The third-order valence-electron chi connectivity index (χ3n) is 6.11. The van der Waals surface area contributed by atoms with Crippen LogP contribution >= 0.6 is 11.3 Å². The highest BCUT2D eigenvalue weighted by atomic mass is 32.1. The van der Waals surface area contributed by atoms with Crippen LogP contribution in [0.15, 0.2) is 46.9 Å². The monoisotopic (exact) mass is 482 g/mol. The van der Waals surface area contributed by atoms with Gasteiger partial charge in [-0.05, 0) is 49.7 Å². The number of carbonyl (C=O) groups is 1. The van der Waals surface area contributed by atoms with Crippen molar-refractivity contribution in [2.45, 2.75) is 26.4 Å². The van der Waals surface area contributed by atoms with Gasteiger partial charge in [-0.25, -0.2) is 4.39 Å². The minimum atomic E-state index is -0.263. The van der Waals surface area contributed by atoms with E-state index in [1.165, 1.54) is 23.5 Å². The number of morpholine rings is 1. The standard InChI is InChI=1S/C25H27FN4O3S/c1-16-3-8-22(33-16)21(29-9-11-32-12-10-29)14-27-24(31)23-13-20-17(2)28-30(25(20)34-23)15-18-4-6-19(26)7-5-18/h3-8,13,21H,9-12,14-15H2,1-2H3,(H,27,31)/t21-/m1/s1. The summed E-state index contributed by atoms with van der Waals surface area (Å²) in [6.45, 7) is 7.75. The number of fused-ring (bicyclic) bond motifs is 1. The molecule has 3 aromatic heterocycles. The van der Waals surface area contributed by atoms with Crippen molar-refractivity contribution in [2.24, 2.45) is 0 Å². The molecule has 0 spiro atoms. The van der Waals surface area contributed by atoms with Gasteiger partial charge in [0.2, 0.25) is 0 Å². The predicted molar refractivity (Wildman–Crippen MR) is 129 cm³/mol. The normalized spacial score (nSPS) is 15.6. The Morgan fingerprint density at radius 1 is 1.18 bits per heavy atom. The molecule has 1 fully saturated rings. The number of furan rings is 1. The van der Waals surface area contributed by atoms with Crippen LogP contribution in [0.2, 0.25) is 0 Å². The van der Waals surface area contributed by atoms with E-state index in [1.54, 1.807) is 12.1 Å². The van der Waals surface area contributed by atoms with Crippen LogP contribution in [0.25, 0.3) is 10.2 Å². The average molecular weight is 483 g/mol. The first-order valence-electron chi connectivity index (χ1n) is 11.4. The van der Waals surface area contributed by atoms with Gasteiger partial charge < -0.3 is 14.5 Å². The van der Waals surface area contributed by atoms with Crippen molar-refractivity contribution in [2.75, 3.05) is 32.8 Å². The molecule has 1 aromatic carbocycles. The Kier molecular flexibility index (Phi) is 6.49. The molecule has 34 heavy (non-hydrogen) atoms. The van der Waals surface area contributed by atoms with Gasteiger partial charge in [0, 0.05) is 25.0 Å². The molecular weight excluding hydrogens is 455 g/mol. The number of hydrogen-bond donors (Lipinski definition) is 1. The number of carbonyl (C=O) groups excluding carboxylic acids is 1. The molecule has 0 bridgehead atoms. The Labute approximate surface area is 201 Å². The van der Waals surface area contributed by atoms with E-state index >= 15 is 0 Å². The van der Waals surface area contributed by atoms with Crippen LogP contribution in [-0.2, 0) is 11.3 Å². The minimum absolute atomic E-state index is 0.0494. The highest BCUT2D eigenvalue weighted by Crippen LogP contribution is 2.29. The predicted octanol–water partition coefficient (Wildman–Crippen LogP) is 4.30. The van der Waals surface area contributed by atoms with Crippen molar-refractivity contribution < 1.29 is 18.3 Å². The molecule has 4 aromatic rings. The maximum Gasteiger partial charge on any atom is 0.261 e. The van der Waals surface area contributed by atoms with Crippen molar-refractivity contribution in [1.29, 1.82) is 0 Å². The number of amides is 1. The van der Waals surface area contributed by atoms with Gasteiger partial charge in [-0.3, -0.25) is 14.4 Å². The molecule has 1 N–H and O–H groups in total. The Morgan fingerprint density at radius 3 is 2.65 bits per heavy atom. The summed E-state index contributed by atoms with van der Waals surface area (Å²) in [5, 5.41) is 8.69. The van der Waals surface area contributed by atoms with Crippen molar-refractivity contribution in [3.05, 3.63) is 75.9 Å². The number of halogens is 1. The smallest absolute Gasteiger partial charge is 0.261 e. The summed E-state index contributed by atoms with van der Waals surface area (Å²) >= 11 is 1.42. The Morgan fingerprint density at radius 2 is 1.94 bits per heavy atom. The summed E-state index contributed by atoms with van der Waals surface area (Å²) in [5.41, 5.74) is 1.82. The van der Waals surface area contributed by atoms with Crippen LogP contribution in [0.3, 0.4) is 0 Å². The van der Waals surface area contributed by atoms with Crippen molar-refractivity contribution >= 4 is 27.5 Å². The topological polar surface area (TPSA) is 72.5 Å². The molecule has 0 radical (unpaired) electrons. The first kappa shape index (κ1) is 22.8. The average Bonchev–Trinajstić information content (AvgIpc) is 3.54. The summed E-state index contributed by atoms with van der Waals surface area (Å²) in [4.78, 5) is 17.0.